The normalized spacial score (nSPS) is 10.8. The van der Waals surface area contributed by atoms with Gasteiger partial charge in [0, 0.05) is 18.0 Å². The van der Waals surface area contributed by atoms with Gasteiger partial charge in [0.15, 0.2) is 5.13 Å². The van der Waals surface area contributed by atoms with Crippen molar-refractivity contribution in [3.05, 3.63) is 48.5 Å². The van der Waals surface area contributed by atoms with Crippen molar-refractivity contribution in [1.29, 1.82) is 0 Å². The van der Waals surface area contributed by atoms with Crippen LogP contribution < -0.4 is 9.64 Å². The minimum absolute atomic E-state index is 0. The summed E-state index contributed by atoms with van der Waals surface area (Å²) in [6.45, 7) is 3.92. The van der Waals surface area contributed by atoms with E-state index in [0.717, 1.165) is 32.5 Å². The topological polar surface area (TPSA) is 45.7 Å². The van der Waals surface area contributed by atoms with E-state index in [-0.39, 0.29) is 18.3 Å². The Bertz CT molecular complexity index is 919. The van der Waals surface area contributed by atoms with Crippen molar-refractivity contribution >= 4 is 56.8 Å². The number of nitrogens with zero attached hydrogens (tertiary/aromatic N) is 3. The van der Waals surface area contributed by atoms with E-state index >= 15 is 0 Å². The Morgan fingerprint density at radius 3 is 2.55 bits per heavy atom. The van der Waals surface area contributed by atoms with Gasteiger partial charge in [-0.15, -0.1) is 24.2 Å². The van der Waals surface area contributed by atoms with E-state index in [9.17, 15) is 4.79 Å². The van der Waals surface area contributed by atoms with Crippen molar-refractivity contribution in [1.82, 2.24) is 9.88 Å². The summed E-state index contributed by atoms with van der Waals surface area (Å²) in [5, 5.41) is 0.725. The zero-order chi connectivity index (χ0) is 19.9. The number of anilines is 1. The SMILES string of the molecule is CCOc1cccc2sc(N(CCN(C)C)C(=O)CSc3ccccc3)nc12.Cl. The number of thioether (sulfide) groups is 1. The summed E-state index contributed by atoms with van der Waals surface area (Å²) >= 11 is 3.08. The Morgan fingerprint density at radius 1 is 1.10 bits per heavy atom. The highest BCUT2D eigenvalue weighted by molar-refractivity contribution is 8.00. The number of hydrogen-bond donors (Lipinski definition) is 0. The number of thiazole rings is 1. The molecule has 0 saturated heterocycles. The Labute approximate surface area is 186 Å². The molecule has 3 aromatic rings. The first kappa shape index (κ1) is 23.5. The van der Waals surface area contributed by atoms with E-state index in [0.29, 0.717) is 18.9 Å². The molecule has 0 unspecified atom stereocenters. The highest BCUT2D eigenvalue weighted by atomic mass is 35.5. The van der Waals surface area contributed by atoms with Crippen molar-refractivity contribution in [2.45, 2.75) is 11.8 Å². The number of ether oxygens (including phenoxy) is 1. The fourth-order valence-corrected chi connectivity index (χ4v) is 4.49. The number of fused-ring (bicyclic) bond motifs is 1. The number of rotatable bonds is 9. The molecule has 0 saturated carbocycles. The van der Waals surface area contributed by atoms with Gasteiger partial charge in [0.05, 0.1) is 17.1 Å². The molecule has 8 heteroatoms. The second-order valence-corrected chi connectivity index (χ2v) is 8.54. The van der Waals surface area contributed by atoms with Crippen LogP contribution in [0.1, 0.15) is 6.92 Å². The molecule has 1 amide bonds. The third-order valence-electron chi connectivity index (χ3n) is 4.08. The first-order valence-electron chi connectivity index (χ1n) is 9.23. The van der Waals surface area contributed by atoms with Crippen LogP contribution >= 0.6 is 35.5 Å². The molecule has 0 fully saturated rings. The van der Waals surface area contributed by atoms with Crippen LogP contribution in [-0.4, -0.2) is 55.3 Å². The average Bonchev–Trinajstić information content (AvgIpc) is 3.12. The van der Waals surface area contributed by atoms with Crippen molar-refractivity contribution < 1.29 is 9.53 Å². The Morgan fingerprint density at radius 2 is 1.86 bits per heavy atom. The van der Waals surface area contributed by atoms with Crippen molar-refractivity contribution in [2.75, 3.05) is 44.4 Å². The van der Waals surface area contributed by atoms with E-state index < -0.39 is 0 Å². The first-order chi connectivity index (χ1) is 13.6. The molecule has 156 valence electrons. The van der Waals surface area contributed by atoms with Gasteiger partial charge in [0.2, 0.25) is 5.91 Å². The zero-order valence-corrected chi connectivity index (χ0v) is 19.3. The molecule has 0 aliphatic carbocycles. The number of carbonyl (C=O) groups is 1. The lowest BCUT2D eigenvalue weighted by Crippen LogP contribution is -2.37. The summed E-state index contributed by atoms with van der Waals surface area (Å²) < 4.78 is 6.73. The largest absolute Gasteiger partial charge is 0.492 e. The molecule has 29 heavy (non-hydrogen) atoms. The number of amides is 1. The van der Waals surface area contributed by atoms with E-state index in [1.54, 1.807) is 16.7 Å². The van der Waals surface area contributed by atoms with Gasteiger partial charge in [-0.05, 0) is 45.3 Å². The number of halogens is 1. The Kier molecular flexibility index (Phi) is 9.23. The van der Waals surface area contributed by atoms with Crippen molar-refractivity contribution in [3.63, 3.8) is 0 Å². The molecule has 0 spiro atoms. The van der Waals surface area contributed by atoms with Gasteiger partial charge in [-0.2, -0.15) is 0 Å². The fraction of sp³-hybridized carbons (Fsp3) is 0.333. The highest BCUT2D eigenvalue weighted by Crippen LogP contribution is 2.34. The molecular weight excluding hydrogens is 426 g/mol. The molecule has 5 nitrogen and oxygen atoms in total. The average molecular weight is 452 g/mol. The molecule has 0 aliphatic rings. The Hall–Kier alpha value is -1.80. The standard InChI is InChI=1S/C21H25N3O2S2.ClH/c1-4-26-17-11-8-12-18-20(17)22-21(28-18)24(14-13-23(2)3)19(25)15-27-16-9-6-5-7-10-16;/h5-12H,4,13-15H2,1-3H3;1H. The van der Waals surface area contributed by atoms with Crippen LogP contribution in [0.2, 0.25) is 0 Å². The van der Waals surface area contributed by atoms with Crippen LogP contribution in [0.25, 0.3) is 10.2 Å². The van der Waals surface area contributed by atoms with Gasteiger partial charge in [-0.3, -0.25) is 9.69 Å². The number of para-hydroxylation sites is 1. The van der Waals surface area contributed by atoms with Gasteiger partial charge in [-0.1, -0.05) is 35.6 Å². The second-order valence-electron chi connectivity index (χ2n) is 6.48. The van der Waals surface area contributed by atoms with E-state index in [1.165, 1.54) is 11.3 Å². The van der Waals surface area contributed by atoms with Crippen LogP contribution in [-0.2, 0) is 4.79 Å². The quantitative estimate of drug-likeness (QED) is 0.437. The summed E-state index contributed by atoms with van der Waals surface area (Å²) in [6, 6.07) is 15.9. The molecular formula is C21H26ClN3O2S2. The van der Waals surface area contributed by atoms with E-state index in [1.807, 2.05) is 69.6 Å². The first-order valence-corrected chi connectivity index (χ1v) is 11.0. The number of benzene rings is 2. The molecule has 3 rings (SSSR count). The summed E-state index contributed by atoms with van der Waals surface area (Å²) in [6.07, 6.45) is 0. The maximum atomic E-state index is 13.0. The molecule has 1 aromatic heterocycles. The fourth-order valence-electron chi connectivity index (χ4n) is 2.67. The predicted molar refractivity (Wildman–Crippen MR) is 126 cm³/mol. The molecule has 0 aliphatic heterocycles. The van der Waals surface area contributed by atoms with Gasteiger partial charge in [-0.25, -0.2) is 4.98 Å². The number of likely N-dealkylation sites (N-methyl/N-ethyl adjacent to an activating group) is 1. The number of aromatic nitrogens is 1. The van der Waals surface area contributed by atoms with Crippen LogP contribution in [0.4, 0.5) is 5.13 Å². The minimum atomic E-state index is 0. The predicted octanol–water partition coefficient (Wildman–Crippen LogP) is 4.80. The van der Waals surface area contributed by atoms with Crippen LogP contribution in [0.15, 0.2) is 53.4 Å². The van der Waals surface area contributed by atoms with Crippen molar-refractivity contribution in [2.24, 2.45) is 0 Å². The lowest BCUT2D eigenvalue weighted by atomic mass is 10.3. The monoisotopic (exact) mass is 451 g/mol. The molecule has 0 atom stereocenters. The maximum Gasteiger partial charge on any atom is 0.239 e. The molecule has 2 aromatic carbocycles. The maximum absolute atomic E-state index is 13.0. The molecule has 0 radical (unpaired) electrons. The van der Waals surface area contributed by atoms with E-state index in [2.05, 4.69) is 4.90 Å². The van der Waals surface area contributed by atoms with Gasteiger partial charge in [0.1, 0.15) is 11.3 Å². The highest BCUT2D eigenvalue weighted by Gasteiger charge is 2.21. The van der Waals surface area contributed by atoms with Gasteiger partial charge >= 0.3 is 0 Å². The van der Waals surface area contributed by atoms with E-state index in [4.69, 9.17) is 9.72 Å². The summed E-state index contributed by atoms with van der Waals surface area (Å²) in [5.41, 5.74) is 0.822. The smallest absolute Gasteiger partial charge is 0.239 e. The van der Waals surface area contributed by atoms with Crippen molar-refractivity contribution in [3.8, 4) is 5.75 Å². The molecule has 0 N–H and O–H groups in total. The lowest BCUT2D eigenvalue weighted by Gasteiger charge is -2.21. The van der Waals surface area contributed by atoms with Gasteiger partial charge in [0.25, 0.3) is 0 Å². The molecule has 0 bridgehead atoms. The van der Waals surface area contributed by atoms with Crippen LogP contribution in [0.3, 0.4) is 0 Å². The van der Waals surface area contributed by atoms with Crippen LogP contribution in [0.5, 0.6) is 5.75 Å². The van der Waals surface area contributed by atoms with Crippen LogP contribution in [0, 0.1) is 0 Å². The van der Waals surface area contributed by atoms with Gasteiger partial charge < -0.3 is 9.64 Å². The third-order valence-corrected chi connectivity index (χ3v) is 6.12. The summed E-state index contributed by atoms with van der Waals surface area (Å²) in [4.78, 5) is 22.8. The zero-order valence-electron chi connectivity index (χ0n) is 16.8. The Balaban J connectivity index is 0.00000300. The summed E-state index contributed by atoms with van der Waals surface area (Å²) in [5.74, 6) is 1.21. The molecule has 1 heterocycles. The third kappa shape index (κ3) is 6.34. The summed E-state index contributed by atoms with van der Waals surface area (Å²) in [7, 11) is 4.01. The second kappa shape index (κ2) is 11.4. The number of hydrogen-bond acceptors (Lipinski definition) is 6. The minimum Gasteiger partial charge on any atom is -0.492 e. The number of carbonyl (C=O) groups excluding carboxylic acids is 1. The lowest BCUT2D eigenvalue weighted by molar-refractivity contribution is -0.116.